The molecular weight excluding hydrogens is 322 g/mol. The predicted molar refractivity (Wildman–Crippen MR) is 91.4 cm³/mol. The molecule has 7 heteroatoms. The second-order valence-corrected chi connectivity index (χ2v) is 6.78. The summed E-state index contributed by atoms with van der Waals surface area (Å²) >= 11 is 1.55. The van der Waals surface area contributed by atoms with Crippen LogP contribution in [0, 0.1) is 0 Å². The number of hydrogen-bond donors (Lipinski definition) is 1. The van der Waals surface area contributed by atoms with Crippen LogP contribution in [0.5, 0.6) is 0 Å². The Kier molecular flexibility index (Phi) is 4.08. The minimum atomic E-state index is -0.0909. The Morgan fingerprint density at radius 1 is 1.29 bits per heavy atom. The number of aromatic nitrogens is 4. The van der Waals surface area contributed by atoms with E-state index in [1.54, 1.807) is 11.3 Å². The molecule has 0 spiro atoms. The van der Waals surface area contributed by atoms with E-state index in [0.717, 1.165) is 24.1 Å². The number of amides is 1. The van der Waals surface area contributed by atoms with Gasteiger partial charge in [0, 0.05) is 0 Å². The molecule has 1 aliphatic rings. The number of thiophene rings is 1. The van der Waals surface area contributed by atoms with Crippen molar-refractivity contribution in [3.8, 4) is 10.7 Å². The Bertz CT molecular complexity index is 842. The quantitative estimate of drug-likeness (QED) is 0.793. The maximum Gasteiger partial charge on any atom is 0.244 e. The Labute approximate surface area is 143 Å². The van der Waals surface area contributed by atoms with E-state index in [-0.39, 0.29) is 18.5 Å². The van der Waals surface area contributed by atoms with Crippen molar-refractivity contribution in [3.05, 3.63) is 52.9 Å². The summed E-state index contributed by atoms with van der Waals surface area (Å²) in [7, 11) is 0. The van der Waals surface area contributed by atoms with Crippen LogP contribution in [0.3, 0.4) is 0 Å². The molecule has 0 saturated heterocycles. The van der Waals surface area contributed by atoms with Crippen molar-refractivity contribution in [3.63, 3.8) is 0 Å². The van der Waals surface area contributed by atoms with Gasteiger partial charge >= 0.3 is 0 Å². The summed E-state index contributed by atoms with van der Waals surface area (Å²) in [6.45, 7) is 0.0804. The number of carbonyl (C=O) groups is 1. The molecule has 0 radical (unpaired) electrons. The first kappa shape index (κ1) is 15.0. The zero-order valence-corrected chi connectivity index (χ0v) is 13.9. The summed E-state index contributed by atoms with van der Waals surface area (Å²) in [5.74, 6) is 0.465. The van der Waals surface area contributed by atoms with Crippen molar-refractivity contribution in [2.75, 3.05) is 0 Å². The van der Waals surface area contributed by atoms with Crippen molar-refractivity contribution in [2.24, 2.45) is 0 Å². The highest BCUT2D eigenvalue weighted by Crippen LogP contribution is 2.29. The topological polar surface area (TPSA) is 72.7 Å². The highest BCUT2D eigenvalue weighted by atomic mass is 32.1. The summed E-state index contributed by atoms with van der Waals surface area (Å²) in [5, 5.41) is 17.3. The largest absolute Gasteiger partial charge is 0.348 e. The van der Waals surface area contributed by atoms with E-state index in [9.17, 15) is 4.79 Å². The fraction of sp³-hybridized carbons (Fsp3) is 0.294. The number of benzene rings is 1. The van der Waals surface area contributed by atoms with Gasteiger partial charge in [0.25, 0.3) is 0 Å². The number of nitrogens with zero attached hydrogens (tertiary/aromatic N) is 4. The maximum atomic E-state index is 12.3. The van der Waals surface area contributed by atoms with E-state index < -0.39 is 0 Å². The number of fused-ring (bicyclic) bond motifs is 1. The highest BCUT2D eigenvalue weighted by Gasteiger charge is 2.21. The summed E-state index contributed by atoms with van der Waals surface area (Å²) in [6, 6.07) is 12.3. The second-order valence-electron chi connectivity index (χ2n) is 5.83. The molecular formula is C17H17N5OS. The predicted octanol–water partition coefficient (Wildman–Crippen LogP) is 2.60. The van der Waals surface area contributed by atoms with Gasteiger partial charge in [-0.1, -0.05) is 30.3 Å². The van der Waals surface area contributed by atoms with Gasteiger partial charge in [-0.2, -0.15) is 4.80 Å². The van der Waals surface area contributed by atoms with Crippen LogP contribution in [0.2, 0.25) is 0 Å². The number of tetrazole rings is 1. The molecule has 0 bridgehead atoms. The van der Waals surface area contributed by atoms with Crippen LogP contribution in [0.1, 0.15) is 30.0 Å². The summed E-state index contributed by atoms with van der Waals surface area (Å²) in [6.07, 6.45) is 3.14. The highest BCUT2D eigenvalue weighted by molar-refractivity contribution is 7.13. The number of rotatable bonds is 4. The van der Waals surface area contributed by atoms with Crippen LogP contribution in [0.4, 0.5) is 0 Å². The van der Waals surface area contributed by atoms with Gasteiger partial charge in [0.05, 0.1) is 10.9 Å². The van der Waals surface area contributed by atoms with E-state index >= 15 is 0 Å². The van der Waals surface area contributed by atoms with Crippen molar-refractivity contribution >= 4 is 17.2 Å². The molecule has 2 heterocycles. The molecule has 0 saturated carbocycles. The van der Waals surface area contributed by atoms with Gasteiger partial charge in [0.2, 0.25) is 11.7 Å². The molecule has 3 aromatic rings. The fourth-order valence-electron chi connectivity index (χ4n) is 3.09. The molecule has 0 fully saturated rings. The van der Waals surface area contributed by atoms with Gasteiger partial charge in [-0.15, -0.1) is 21.5 Å². The minimum Gasteiger partial charge on any atom is -0.348 e. The minimum absolute atomic E-state index is 0.0720. The molecule has 1 amide bonds. The fourth-order valence-corrected chi connectivity index (χ4v) is 3.73. The molecule has 0 aliphatic heterocycles. The first-order valence-electron chi connectivity index (χ1n) is 7.98. The van der Waals surface area contributed by atoms with Crippen molar-refractivity contribution in [1.29, 1.82) is 0 Å². The van der Waals surface area contributed by atoms with Gasteiger partial charge in [0.15, 0.2) is 0 Å². The SMILES string of the molecule is O=C(Cn1nnc(-c2cccs2)n1)NC1CCCc2ccccc21. The normalized spacial score (nSPS) is 16.6. The lowest BCUT2D eigenvalue weighted by atomic mass is 9.88. The lowest BCUT2D eigenvalue weighted by Gasteiger charge is -2.26. The average Bonchev–Trinajstić information content (AvgIpc) is 3.26. The second kappa shape index (κ2) is 6.52. The van der Waals surface area contributed by atoms with Crippen LogP contribution in [0.25, 0.3) is 10.7 Å². The zero-order valence-electron chi connectivity index (χ0n) is 13.1. The third-order valence-corrected chi connectivity index (χ3v) is 5.05. The van der Waals surface area contributed by atoms with Gasteiger partial charge in [0.1, 0.15) is 6.54 Å². The Morgan fingerprint density at radius 3 is 3.08 bits per heavy atom. The molecule has 1 N–H and O–H groups in total. The first-order valence-corrected chi connectivity index (χ1v) is 8.86. The average molecular weight is 339 g/mol. The van der Waals surface area contributed by atoms with Crippen molar-refractivity contribution in [1.82, 2.24) is 25.5 Å². The molecule has 1 unspecified atom stereocenters. The van der Waals surface area contributed by atoms with Gasteiger partial charge in [-0.25, -0.2) is 0 Å². The van der Waals surface area contributed by atoms with E-state index in [1.165, 1.54) is 15.9 Å². The van der Waals surface area contributed by atoms with E-state index in [4.69, 9.17) is 0 Å². The molecule has 24 heavy (non-hydrogen) atoms. The van der Waals surface area contributed by atoms with Crippen LogP contribution in [-0.2, 0) is 17.8 Å². The van der Waals surface area contributed by atoms with E-state index in [0.29, 0.717) is 5.82 Å². The molecule has 6 nitrogen and oxygen atoms in total. The number of nitrogens with one attached hydrogen (secondary N) is 1. The van der Waals surface area contributed by atoms with Crippen LogP contribution in [-0.4, -0.2) is 26.1 Å². The van der Waals surface area contributed by atoms with Crippen LogP contribution in [0.15, 0.2) is 41.8 Å². The Balaban J connectivity index is 1.43. The van der Waals surface area contributed by atoms with Crippen molar-refractivity contribution < 1.29 is 4.79 Å². The Morgan fingerprint density at radius 2 is 2.21 bits per heavy atom. The maximum absolute atomic E-state index is 12.3. The van der Waals surface area contributed by atoms with Crippen LogP contribution < -0.4 is 5.32 Å². The summed E-state index contributed by atoms with van der Waals surface area (Å²) in [5.41, 5.74) is 2.55. The van der Waals surface area contributed by atoms with Gasteiger partial charge < -0.3 is 5.32 Å². The lowest BCUT2D eigenvalue weighted by Crippen LogP contribution is -2.34. The van der Waals surface area contributed by atoms with E-state index in [1.807, 2.05) is 23.6 Å². The van der Waals surface area contributed by atoms with E-state index in [2.05, 4.69) is 38.9 Å². The zero-order chi connectivity index (χ0) is 16.4. The van der Waals surface area contributed by atoms with Gasteiger partial charge in [-0.05, 0) is 47.0 Å². The smallest absolute Gasteiger partial charge is 0.244 e. The lowest BCUT2D eigenvalue weighted by molar-refractivity contribution is -0.122. The third-order valence-electron chi connectivity index (χ3n) is 4.18. The summed E-state index contributed by atoms with van der Waals surface area (Å²) < 4.78 is 0. The van der Waals surface area contributed by atoms with Crippen molar-refractivity contribution in [2.45, 2.75) is 31.8 Å². The standard InChI is InChI=1S/C17H17N5OS/c23-16(11-22-20-17(19-21-22)15-9-4-10-24-15)18-14-8-3-6-12-5-1-2-7-13(12)14/h1-2,4-5,7,9-10,14H,3,6,8,11H2,(H,18,23). The monoisotopic (exact) mass is 339 g/mol. The molecule has 1 aromatic carbocycles. The van der Waals surface area contributed by atoms with Gasteiger partial charge in [-0.3, -0.25) is 4.79 Å². The molecule has 1 atom stereocenters. The summed E-state index contributed by atoms with van der Waals surface area (Å²) in [4.78, 5) is 14.6. The molecule has 1 aliphatic carbocycles. The number of carbonyl (C=O) groups excluding carboxylic acids is 1. The van der Waals surface area contributed by atoms with Crippen LogP contribution >= 0.6 is 11.3 Å². The Hall–Kier alpha value is -2.54. The first-order chi connectivity index (χ1) is 11.8. The third kappa shape index (κ3) is 3.07. The molecule has 122 valence electrons. The molecule has 4 rings (SSSR count). The number of aryl methyl sites for hydroxylation is 1. The molecule has 2 aromatic heterocycles. The number of hydrogen-bond acceptors (Lipinski definition) is 5.